The Bertz CT molecular complexity index is 277. The molecular formula is C16H32O2Si. The standard InChI is InChI=1S/C16H32O2Si/c1-6-8-9-10-11-12-13-15(14-19(3,4)5)16(17)18-7-2/h13H,6-12,14H2,1-5H3/b15-13-. The first-order valence-electron chi connectivity index (χ1n) is 7.77. The third-order valence-electron chi connectivity index (χ3n) is 2.96. The molecule has 0 spiro atoms. The topological polar surface area (TPSA) is 26.3 Å². The highest BCUT2D eigenvalue weighted by molar-refractivity contribution is 6.77. The monoisotopic (exact) mass is 284 g/mol. The Labute approximate surface area is 120 Å². The number of carbonyl (C=O) groups is 1. The van der Waals surface area contributed by atoms with E-state index in [1.807, 2.05) is 6.92 Å². The minimum absolute atomic E-state index is 0.0986. The van der Waals surface area contributed by atoms with Gasteiger partial charge in [0, 0.05) is 13.6 Å². The van der Waals surface area contributed by atoms with Gasteiger partial charge >= 0.3 is 5.97 Å². The van der Waals surface area contributed by atoms with Gasteiger partial charge in [-0.05, 0) is 25.8 Å². The highest BCUT2D eigenvalue weighted by Crippen LogP contribution is 2.19. The Morgan fingerprint density at radius 1 is 1.05 bits per heavy atom. The molecule has 0 bridgehead atoms. The van der Waals surface area contributed by atoms with E-state index < -0.39 is 8.07 Å². The lowest BCUT2D eigenvalue weighted by Gasteiger charge is -2.17. The summed E-state index contributed by atoms with van der Waals surface area (Å²) in [6.07, 6.45) is 9.52. The van der Waals surface area contributed by atoms with E-state index in [0.29, 0.717) is 6.61 Å². The fourth-order valence-electron chi connectivity index (χ4n) is 2.05. The van der Waals surface area contributed by atoms with Crippen molar-refractivity contribution in [2.45, 2.75) is 78.1 Å². The van der Waals surface area contributed by atoms with Crippen LogP contribution in [-0.4, -0.2) is 20.7 Å². The van der Waals surface area contributed by atoms with Crippen molar-refractivity contribution in [1.29, 1.82) is 0 Å². The van der Waals surface area contributed by atoms with E-state index in [-0.39, 0.29) is 5.97 Å². The maximum atomic E-state index is 11.9. The Hall–Kier alpha value is -0.573. The van der Waals surface area contributed by atoms with Crippen molar-refractivity contribution < 1.29 is 9.53 Å². The number of allylic oxidation sites excluding steroid dienone is 1. The molecule has 0 radical (unpaired) electrons. The van der Waals surface area contributed by atoms with Gasteiger partial charge in [0.2, 0.25) is 0 Å². The molecule has 112 valence electrons. The summed E-state index contributed by atoms with van der Waals surface area (Å²) in [6.45, 7) is 11.4. The molecule has 0 aromatic heterocycles. The van der Waals surface area contributed by atoms with Gasteiger partial charge in [0.15, 0.2) is 0 Å². The lowest BCUT2D eigenvalue weighted by Crippen LogP contribution is -2.23. The van der Waals surface area contributed by atoms with Gasteiger partial charge in [-0.1, -0.05) is 58.3 Å². The second-order valence-electron chi connectivity index (χ2n) is 6.39. The number of carbonyl (C=O) groups excluding carboxylic acids is 1. The first kappa shape index (κ1) is 18.4. The molecule has 3 heteroatoms. The molecule has 0 saturated carbocycles. The minimum Gasteiger partial charge on any atom is -0.463 e. The lowest BCUT2D eigenvalue weighted by atomic mass is 10.1. The summed E-state index contributed by atoms with van der Waals surface area (Å²) < 4.78 is 5.16. The molecule has 0 aliphatic rings. The van der Waals surface area contributed by atoms with Crippen molar-refractivity contribution in [3.63, 3.8) is 0 Å². The molecule has 0 heterocycles. The molecule has 0 unspecified atom stereocenters. The molecule has 0 aromatic carbocycles. The second-order valence-corrected chi connectivity index (χ2v) is 11.9. The second kappa shape index (κ2) is 10.2. The van der Waals surface area contributed by atoms with Gasteiger partial charge in [-0.2, -0.15) is 0 Å². The predicted octanol–water partition coefficient (Wildman–Crippen LogP) is 5.17. The molecule has 0 aromatic rings. The molecule has 0 saturated heterocycles. The van der Waals surface area contributed by atoms with E-state index in [9.17, 15) is 4.79 Å². The predicted molar refractivity (Wildman–Crippen MR) is 86.2 cm³/mol. The first-order valence-corrected chi connectivity index (χ1v) is 11.5. The van der Waals surface area contributed by atoms with Gasteiger partial charge in [-0.25, -0.2) is 4.79 Å². The number of hydrogen-bond acceptors (Lipinski definition) is 2. The van der Waals surface area contributed by atoms with Crippen LogP contribution in [0.3, 0.4) is 0 Å². The van der Waals surface area contributed by atoms with Crippen LogP contribution in [0.2, 0.25) is 25.7 Å². The number of esters is 1. The third kappa shape index (κ3) is 11.0. The van der Waals surface area contributed by atoms with Gasteiger partial charge < -0.3 is 4.74 Å². The highest BCUT2D eigenvalue weighted by atomic mass is 28.3. The highest BCUT2D eigenvalue weighted by Gasteiger charge is 2.20. The van der Waals surface area contributed by atoms with E-state index in [4.69, 9.17) is 4.74 Å². The van der Waals surface area contributed by atoms with E-state index in [0.717, 1.165) is 18.0 Å². The van der Waals surface area contributed by atoms with Crippen LogP contribution in [0.5, 0.6) is 0 Å². The van der Waals surface area contributed by atoms with Crippen LogP contribution < -0.4 is 0 Å². The molecule has 0 amide bonds. The van der Waals surface area contributed by atoms with E-state index >= 15 is 0 Å². The molecule has 0 aliphatic heterocycles. The van der Waals surface area contributed by atoms with Crippen molar-refractivity contribution in [1.82, 2.24) is 0 Å². The summed E-state index contributed by atoms with van der Waals surface area (Å²) in [5.74, 6) is -0.0986. The molecule has 0 fully saturated rings. The van der Waals surface area contributed by atoms with Crippen molar-refractivity contribution >= 4 is 14.0 Å². The van der Waals surface area contributed by atoms with Gasteiger partial charge in [0.1, 0.15) is 0 Å². The summed E-state index contributed by atoms with van der Waals surface area (Å²) in [5.41, 5.74) is 0.913. The van der Waals surface area contributed by atoms with E-state index in [2.05, 4.69) is 32.6 Å². The van der Waals surface area contributed by atoms with Gasteiger partial charge in [0.25, 0.3) is 0 Å². The average Bonchev–Trinajstić information content (AvgIpc) is 2.31. The van der Waals surface area contributed by atoms with Gasteiger partial charge in [0.05, 0.1) is 6.61 Å². The Balaban J connectivity index is 4.27. The molecule has 2 nitrogen and oxygen atoms in total. The summed E-state index contributed by atoms with van der Waals surface area (Å²) >= 11 is 0. The first-order chi connectivity index (χ1) is 8.90. The zero-order chi connectivity index (χ0) is 14.7. The number of unbranched alkanes of at least 4 members (excludes halogenated alkanes) is 5. The smallest absolute Gasteiger partial charge is 0.333 e. The Morgan fingerprint density at radius 2 is 1.68 bits per heavy atom. The van der Waals surface area contributed by atoms with Crippen molar-refractivity contribution in [2.75, 3.05) is 6.61 Å². The summed E-state index contributed by atoms with van der Waals surface area (Å²) in [5, 5.41) is 0. The quantitative estimate of drug-likeness (QED) is 0.239. The van der Waals surface area contributed by atoms with Gasteiger partial charge in [-0.3, -0.25) is 0 Å². The van der Waals surface area contributed by atoms with Crippen LogP contribution in [0.15, 0.2) is 11.6 Å². The van der Waals surface area contributed by atoms with Crippen LogP contribution in [0, 0.1) is 0 Å². The molecular weight excluding hydrogens is 252 g/mol. The van der Waals surface area contributed by atoms with Crippen LogP contribution in [0.25, 0.3) is 0 Å². The largest absolute Gasteiger partial charge is 0.463 e. The van der Waals surface area contributed by atoms with E-state index in [1.165, 1.54) is 32.1 Å². The molecule has 0 N–H and O–H groups in total. The van der Waals surface area contributed by atoms with Crippen LogP contribution in [0.1, 0.15) is 52.4 Å². The maximum absolute atomic E-state index is 11.9. The Morgan fingerprint density at radius 3 is 2.21 bits per heavy atom. The van der Waals surface area contributed by atoms with Crippen LogP contribution in [-0.2, 0) is 9.53 Å². The van der Waals surface area contributed by atoms with Crippen molar-refractivity contribution in [3.8, 4) is 0 Å². The summed E-state index contributed by atoms with van der Waals surface area (Å²) in [4.78, 5) is 11.9. The van der Waals surface area contributed by atoms with Crippen LogP contribution >= 0.6 is 0 Å². The fraction of sp³-hybridized carbons (Fsp3) is 0.812. The minimum atomic E-state index is -1.26. The van der Waals surface area contributed by atoms with Crippen LogP contribution in [0.4, 0.5) is 0 Å². The zero-order valence-corrected chi connectivity index (χ0v) is 14.6. The third-order valence-corrected chi connectivity index (χ3v) is 4.40. The summed E-state index contributed by atoms with van der Waals surface area (Å²) in [6, 6.07) is 0.931. The SMILES string of the molecule is CCCCCCC/C=C(/C[Si](C)(C)C)C(=O)OCC. The Kier molecular flexibility index (Phi) is 9.93. The summed E-state index contributed by atoms with van der Waals surface area (Å²) in [7, 11) is -1.26. The van der Waals surface area contributed by atoms with Crippen molar-refractivity contribution in [3.05, 3.63) is 11.6 Å². The average molecular weight is 285 g/mol. The zero-order valence-electron chi connectivity index (χ0n) is 13.6. The number of hydrogen-bond donors (Lipinski definition) is 0. The normalized spacial score (nSPS) is 12.6. The number of ether oxygens (including phenoxy) is 1. The van der Waals surface area contributed by atoms with Gasteiger partial charge in [-0.15, -0.1) is 0 Å². The van der Waals surface area contributed by atoms with Crippen molar-refractivity contribution in [2.24, 2.45) is 0 Å². The molecule has 0 rings (SSSR count). The number of rotatable bonds is 10. The molecule has 19 heavy (non-hydrogen) atoms. The molecule has 0 aliphatic carbocycles. The lowest BCUT2D eigenvalue weighted by molar-refractivity contribution is -0.138. The maximum Gasteiger partial charge on any atom is 0.333 e. The van der Waals surface area contributed by atoms with E-state index in [1.54, 1.807) is 0 Å². The fourth-order valence-corrected chi connectivity index (χ4v) is 3.48. The molecule has 0 atom stereocenters.